The number of ether oxygens (including phenoxy) is 4. The van der Waals surface area contributed by atoms with Gasteiger partial charge in [0.15, 0.2) is 11.2 Å². The molecule has 0 amide bonds. The lowest BCUT2D eigenvalue weighted by Gasteiger charge is -2.13. The van der Waals surface area contributed by atoms with Crippen LogP contribution in [0.5, 0.6) is 23.3 Å². The maximum atomic E-state index is 13.5. The van der Waals surface area contributed by atoms with Crippen molar-refractivity contribution in [3.8, 4) is 23.3 Å². The summed E-state index contributed by atoms with van der Waals surface area (Å²) in [5.74, 6) is 0.0704. The maximum Gasteiger partial charge on any atom is 0.573 e. The van der Waals surface area contributed by atoms with Gasteiger partial charge < -0.3 is 24.1 Å². The lowest BCUT2D eigenvalue weighted by atomic mass is 10.2. The Labute approximate surface area is 219 Å². The highest BCUT2D eigenvalue weighted by Crippen LogP contribution is 2.30. The minimum absolute atomic E-state index is 0.00316. The number of nitrogens with zero attached hydrogens (tertiary/aromatic N) is 4. The molecule has 0 unspecified atom stereocenters. The summed E-state index contributed by atoms with van der Waals surface area (Å²) in [5, 5.41) is 8.91. The van der Waals surface area contributed by atoms with Gasteiger partial charge in [-0.3, -0.25) is 18.5 Å². The van der Waals surface area contributed by atoms with E-state index in [9.17, 15) is 22.8 Å². The molecule has 11 nitrogen and oxygen atoms in total. The molecular formula is C25H25F3N4O7. The Bertz CT molecular complexity index is 1560. The normalized spacial score (nSPS) is 11.6. The van der Waals surface area contributed by atoms with Gasteiger partial charge in [0, 0.05) is 13.1 Å². The van der Waals surface area contributed by atoms with E-state index >= 15 is 0 Å². The van der Waals surface area contributed by atoms with Crippen LogP contribution in [-0.2, 0) is 24.9 Å². The maximum absolute atomic E-state index is 13.5. The molecule has 0 spiro atoms. The first-order valence-corrected chi connectivity index (χ1v) is 11.7. The van der Waals surface area contributed by atoms with Gasteiger partial charge in [0.1, 0.15) is 17.2 Å². The third-order valence-corrected chi connectivity index (χ3v) is 5.64. The quantitative estimate of drug-likeness (QED) is 0.283. The molecule has 0 radical (unpaired) electrons. The van der Waals surface area contributed by atoms with E-state index in [1.165, 1.54) is 35.4 Å². The molecule has 39 heavy (non-hydrogen) atoms. The van der Waals surface area contributed by atoms with Crippen molar-refractivity contribution < 1.29 is 37.2 Å². The van der Waals surface area contributed by atoms with Crippen LogP contribution >= 0.6 is 0 Å². The number of hydrogen-bond donors (Lipinski definition) is 1. The van der Waals surface area contributed by atoms with Crippen molar-refractivity contribution in [2.24, 2.45) is 7.05 Å². The summed E-state index contributed by atoms with van der Waals surface area (Å²) in [6.07, 6.45) is -4.90. The standard InChI is InChI=1S/C25H25F3N4O7/c1-30-21-20(22(34)31(24(30)35)10-12-37-13-11-33)32(15-16-6-8-17(36-2)9-7-16)23(29-21)38-18-4-3-5-19(14-18)39-25(26,27)28/h3-9,14,33H,10-13,15H2,1-2H3. The first kappa shape index (κ1) is 27.7. The monoisotopic (exact) mass is 550 g/mol. The van der Waals surface area contributed by atoms with Crippen LogP contribution in [0.4, 0.5) is 13.2 Å². The molecule has 0 aliphatic rings. The van der Waals surface area contributed by atoms with Crippen LogP contribution in [0.25, 0.3) is 11.2 Å². The second kappa shape index (κ2) is 11.6. The molecule has 4 rings (SSSR count). The first-order chi connectivity index (χ1) is 18.6. The molecule has 14 heteroatoms. The summed E-state index contributed by atoms with van der Waals surface area (Å²) in [5.41, 5.74) is -0.538. The van der Waals surface area contributed by atoms with Crippen molar-refractivity contribution in [2.45, 2.75) is 19.5 Å². The summed E-state index contributed by atoms with van der Waals surface area (Å²) >= 11 is 0. The van der Waals surface area contributed by atoms with Crippen LogP contribution in [-0.4, -0.2) is 57.1 Å². The van der Waals surface area contributed by atoms with Crippen LogP contribution < -0.4 is 25.5 Å². The molecule has 4 aromatic rings. The Balaban J connectivity index is 1.82. The van der Waals surface area contributed by atoms with Crippen molar-refractivity contribution in [2.75, 3.05) is 26.9 Å². The Morgan fingerprint density at radius 1 is 0.974 bits per heavy atom. The van der Waals surface area contributed by atoms with E-state index in [0.717, 1.165) is 22.3 Å². The molecule has 2 heterocycles. The van der Waals surface area contributed by atoms with Crippen molar-refractivity contribution in [3.05, 3.63) is 74.9 Å². The average molecular weight is 550 g/mol. The smallest absolute Gasteiger partial charge is 0.497 e. The molecular weight excluding hydrogens is 525 g/mol. The summed E-state index contributed by atoms with van der Waals surface area (Å²) < 4.78 is 61.9. The largest absolute Gasteiger partial charge is 0.573 e. The van der Waals surface area contributed by atoms with Crippen LogP contribution in [0.15, 0.2) is 58.1 Å². The highest BCUT2D eigenvalue weighted by Gasteiger charge is 2.31. The number of alkyl halides is 3. The average Bonchev–Trinajstić information content (AvgIpc) is 3.24. The van der Waals surface area contributed by atoms with E-state index in [1.807, 2.05) is 0 Å². The lowest BCUT2D eigenvalue weighted by Crippen LogP contribution is -2.40. The van der Waals surface area contributed by atoms with Gasteiger partial charge in [-0.2, -0.15) is 4.98 Å². The molecule has 2 aromatic carbocycles. The molecule has 0 aliphatic heterocycles. The summed E-state index contributed by atoms with van der Waals surface area (Å²) in [6.45, 7) is -0.174. The molecule has 1 N–H and O–H groups in total. The number of halogens is 3. The van der Waals surface area contributed by atoms with Gasteiger partial charge in [0.2, 0.25) is 0 Å². The van der Waals surface area contributed by atoms with Crippen LogP contribution in [0.2, 0.25) is 0 Å². The number of imidazole rings is 1. The van der Waals surface area contributed by atoms with E-state index in [0.29, 0.717) is 5.75 Å². The SMILES string of the molecule is COc1ccc(Cn2c(Oc3cccc(OC(F)(F)F)c3)nc3c2c(=O)n(CCOCCO)c(=O)n3C)cc1. The predicted octanol–water partition coefficient (Wildman–Crippen LogP) is 2.65. The first-order valence-electron chi connectivity index (χ1n) is 11.7. The zero-order valence-corrected chi connectivity index (χ0v) is 21.0. The summed E-state index contributed by atoms with van der Waals surface area (Å²) in [7, 11) is 2.95. The zero-order valence-electron chi connectivity index (χ0n) is 21.0. The molecule has 0 atom stereocenters. The van der Waals surface area contributed by atoms with Gasteiger partial charge in [0.05, 0.1) is 40.0 Å². The van der Waals surface area contributed by atoms with Crippen LogP contribution in [0, 0.1) is 0 Å². The van der Waals surface area contributed by atoms with E-state index in [1.54, 1.807) is 24.3 Å². The Hall–Kier alpha value is -4.30. The van der Waals surface area contributed by atoms with Crippen LogP contribution in [0.1, 0.15) is 5.56 Å². The number of hydrogen-bond acceptors (Lipinski definition) is 8. The predicted molar refractivity (Wildman–Crippen MR) is 132 cm³/mol. The number of aliphatic hydroxyl groups excluding tert-OH is 1. The third kappa shape index (κ3) is 6.41. The number of aromatic nitrogens is 4. The number of benzene rings is 2. The van der Waals surface area contributed by atoms with Crippen LogP contribution in [0.3, 0.4) is 0 Å². The van der Waals surface area contributed by atoms with Gasteiger partial charge in [-0.25, -0.2) is 4.79 Å². The second-order valence-corrected chi connectivity index (χ2v) is 8.26. The van der Waals surface area contributed by atoms with Gasteiger partial charge in [-0.15, -0.1) is 13.2 Å². The van der Waals surface area contributed by atoms with Gasteiger partial charge in [0.25, 0.3) is 5.56 Å². The van der Waals surface area contributed by atoms with E-state index < -0.39 is 23.4 Å². The van der Waals surface area contributed by atoms with E-state index in [2.05, 4.69) is 9.72 Å². The fourth-order valence-electron chi connectivity index (χ4n) is 3.85. The highest BCUT2D eigenvalue weighted by molar-refractivity contribution is 5.72. The molecule has 208 valence electrons. The van der Waals surface area contributed by atoms with Gasteiger partial charge in [-0.05, 0) is 29.8 Å². The summed E-state index contributed by atoms with van der Waals surface area (Å²) in [6, 6.07) is 11.7. The van der Waals surface area contributed by atoms with E-state index in [4.69, 9.17) is 19.3 Å². The topological polar surface area (TPSA) is 119 Å². The Morgan fingerprint density at radius 3 is 2.36 bits per heavy atom. The van der Waals surface area contributed by atoms with E-state index in [-0.39, 0.29) is 55.8 Å². The second-order valence-electron chi connectivity index (χ2n) is 8.26. The molecule has 0 saturated carbocycles. The summed E-state index contributed by atoms with van der Waals surface area (Å²) in [4.78, 5) is 30.8. The minimum atomic E-state index is -4.90. The lowest BCUT2D eigenvalue weighted by molar-refractivity contribution is -0.274. The minimum Gasteiger partial charge on any atom is -0.497 e. The zero-order chi connectivity index (χ0) is 28.2. The molecule has 0 bridgehead atoms. The van der Waals surface area contributed by atoms with Crippen molar-refractivity contribution in [3.63, 3.8) is 0 Å². The van der Waals surface area contributed by atoms with Gasteiger partial charge in [-0.1, -0.05) is 18.2 Å². The number of aryl methyl sites for hydroxylation is 1. The Kier molecular flexibility index (Phi) is 8.26. The third-order valence-electron chi connectivity index (χ3n) is 5.64. The molecule has 0 fully saturated rings. The Morgan fingerprint density at radius 2 is 1.69 bits per heavy atom. The fourth-order valence-corrected chi connectivity index (χ4v) is 3.85. The number of rotatable bonds is 11. The molecule has 2 aromatic heterocycles. The van der Waals surface area contributed by atoms with Gasteiger partial charge >= 0.3 is 18.1 Å². The number of fused-ring (bicyclic) bond motifs is 1. The molecule has 0 saturated heterocycles. The van der Waals surface area contributed by atoms with Crippen molar-refractivity contribution in [1.29, 1.82) is 0 Å². The van der Waals surface area contributed by atoms with Crippen molar-refractivity contribution in [1.82, 2.24) is 18.7 Å². The highest BCUT2D eigenvalue weighted by atomic mass is 19.4. The number of methoxy groups -OCH3 is 1. The number of aliphatic hydroxyl groups is 1. The van der Waals surface area contributed by atoms with Crippen molar-refractivity contribution >= 4 is 11.2 Å². The molecule has 0 aliphatic carbocycles. The fraction of sp³-hybridized carbons (Fsp3) is 0.320.